The van der Waals surface area contributed by atoms with Gasteiger partial charge in [0.2, 0.25) is 0 Å². The largest absolute Gasteiger partial charge is 0.467 e. The molecule has 0 fully saturated rings. The van der Waals surface area contributed by atoms with Gasteiger partial charge in [0.05, 0.1) is 15.6 Å². The number of thiophene rings is 1. The van der Waals surface area contributed by atoms with Gasteiger partial charge >= 0.3 is 0 Å². The summed E-state index contributed by atoms with van der Waals surface area (Å²) in [5, 5.41) is 14.6. The van der Waals surface area contributed by atoms with Gasteiger partial charge in [0.25, 0.3) is 5.91 Å². The molecule has 0 saturated carbocycles. The van der Waals surface area contributed by atoms with Crippen LogP contribution in [0.25, 0.3) is 0 Å². The Kier molecular flexibility index (Phi) is 4.79. The lowest BCUT2D eigenvalue weighted by Crippen LogP contribution is -2.33. The van der Waals surface area contributed by atoms with Gasteiger partial charge in [0.15, 0.2) is 0 Å². The molecule has 0 aliphatic rings. The molecule has 0 aliphatic carbocycles. The van der Waals surface area contributed by atoms with Gasteiger partial charge in [-0.05, 0) is 41.1 Å². The minimum atomic E-state index is -0.709. The fourth-order valence-electron chi connectivity index (χ4n) is 1.73. The summed E-state index contributed by atoms with van der Waals surface area (Å²) in [7, 11) is 0. The molecule has 6 heteroatoms. The molecule has 0 bridgehead atoms. The average Bonchev–Trinajstić information content (AvgIpc) is 2.98. The highest BCUT2D eigenvalue weighted by Crippen LogP contribution is 2.21. The lowest BCUT2D eigenvalue weighted by Gasteiger charge is -2.16. The SMILES string of the molecule is CC(CC(O)c1ccco1)NC(=O)c1csc(Br)c1. The normalized spacial score (nSPS) is 14.1. The zero-order valence-electron chi connectivity index (χ0n) is 10.3. The van der Waals surface area contributed by atoms with E-state index < -0.39 is 6.10 Å². The zero-order valence-corrected chi connectivity index (χ0v) is 12.7. The Bertz CT molecular complexity index is 538. The Morgan fingerprint density at radius 1 is 1.63 bits per heavy atom. The maximum atomic E-state index is 11.9. The summed E-state index contributed by atoms with van der Waals surface area (Å²) >= 11 is 4.78. The summed E-state index contributed by atoms with van der Waals surface area (Å²) in [6, 6.07) is 5.07. The molecule has 19 heavy (non-hydrogen) atoms. The van der Waals surface area contributed by atoms with Crippen LogP contribution in [0.4, 0.5) is 0 Å². The number of halogens is 1. The molecule has 2 unspecified atom stereocenters. The van der Waals surface area contributed by atoms with E-state index in [0.29, 0.717) is 17.7 Å². The maximum Gasteiger partial charge on any atom is 0.252 e. The van der Waals surface area contributed by atoms with Crippen molar-refractivity contribution in [2.75, 3.05) is 0 Å². The second kappa shape index (κ2) is 6.36. The molecule has 0 aliphatic heterocycles. The highest BCUT2D eigenvalue weighted by atomic mass is 79.9. The monoisotopic (exact) mass is 343 g/mol. The second-order valence-corrected chi connectivity index (χ2v) is 6.57. The average molecular weight is 344 g/mol. The first-order chi connectivity index (χ1) is 9.06. The number of aliphatic hydroxyl groups excluding tert-OH is 1. The molecule has 2 rings (SSSR count). The van der Waals surface area contributed by atoms with E-state index in [0.717, 1.165) is 3.79 Å². The van der Waals surface area contributed by atoms with Crippen molar-refractivity contribution in [2.24, 2.45) is 0 Å². The number of amides is 1. The van der Waals surface area contributed by atoms with Crippen LogP contribution in [0.2, 0.25) is 0 Å². The van der Waals surface area contributed by atoms with E-state index in [-0.39, 0.29) is 11.9 Å². The summed E-state index contributed by atoms with van der Waals surface area (Å²) in [4.78, 5) is 11.9. The summed E-state index contributed by atoms with van der Waals surface area (Å²) in [5.74, 6) is 0.375. The summed E-state index contributed by atoms with van der Waals surface area (Å²) in [6.45, 7) is 1.85. The Hall–Kier alpha value is -1.11. The molecule has 102 valence electrons. The molecule has 0 saturated heterocycles. The maximum absolute atomic E-state index is 11.9. The lowest BCUT2D eigenvalue weighted by molar-refractivity contribution is 0.0903. The van der Waals surface area contributed by atoms with Gasteiger partial charge < -0.3 is 14.8 Å². The molecular formula is C13H14BrNO3S. The van der Waals surface area contributed by atoms with Crippen molar-refractivity contribution in [3.63, 3.8) is 0 Å². The molecule has 4 nitrogen and oxygen atoms in total. The van der Waals surface area contributed by atoms with Gasteiger partial charge in [-0.25, -0.2) is 0 Å². The molecule has 2 heterocycles. The van der Waals surface area contributed by atoms with Crippen molar-refractivity contribution in [1.82, 2.24) is 5.32 Å². The van der Waals surface area contributed by atoms with Crippen LogP contribution < -0.4 is 5.32 Å². The second-order valence-electron chi connectivity index (χ2n) is 4.28. The van der Waals surface area contributed by atoms with Crippen LogP contribution in [0.5, 0.6) is 0 Å². The fourth-order valence-corrected chi connectivity index (χ4v) is 2.86. The first-order valence-corrected chi connectivity index (χ1v) is 7.50. The Morgan fingerprint density at radius 2 is 2.42 bits per heavy atom. The Balaban J connectivity index is 1.87. The van der Waals surface area contributed by atoms with Crippen LogP contribution in [0.3, 0.4) is 0 Å². The predicted octanol–water partition coefficient (Wildman–Crippen LogP) is 3.35. The van der Waals surface area contributed by atoms with Gasteiger partial charge in [-0.2, -0.15) is 0 Å². The molecule has 2 aromatic heterocycles. The molecule has 2 N–H and O–H groups in total. The lowest BCUT2D eigenvalue weighted by atomic mass is 10.1. The summed E-state index contributed by atoms with van der Waals surface area (Å²) < 4.78 is 6.04. The van der Waals surface area contributed by atoms with E-state index >= 15 is 0 Å². The highest BCUT2D eigenvalue weighted by Gasteiger charge is 2.17. The summed E-state index contributed by atoms with van der Waals surface area (Å²) in [5.41, 5.74) is 0.621. The topological polar surface area (TPSA) is 62.5 Å². The molecule has 2 atom stereocenters. The number of furan rings is 1. The number of aliphatic hydroxyl groups is 1. The van der Waals surface area contributed by atoms with Gasteiger partial charge in [-0.1, -0.05) is 0 Å². The smallest absolute Gasteiger partial charge is 0.252 e. The van der Waals surface area contributed by atoms with Crippen molar-refractivity contribution in [3.8, 4) is 0 Å². The van der Waals surface area contributed by atoms with Crippen molar-refractivity contribution in [3.05, 3.63) is 45.0 Å². The van der Waals surface area contributed by atoms with Crippen LogP contribution in [-0.2, 0) is 0 Å². The van der Waals surface area contributed by atoms with Crippen LogP contribution in [0, 0.1) is 0 Å². The van der Waals surface area contributed by atoms with Gasteiger partial charge in [0, 0.05) is 17.8 Å². The van der Waals surface area contributed by atoms with Crippen molar-refractivity contribution < 1.29 is 14.3 Å². The number of carbonyl (C=O) groups is 1. The van der Waals surface area contributed by atoms with Gasteiger partial charge in [0.1, 0.15) is 11.9 Å². The van der Waals surface area contributed by atoms with Gasteiger partial charge in [-0.15, -0.1) is 11.3 Å². The third-order valence-electron chi connectivity index (χ3n) is 2.66. The quantitative estimate of drug-likeness (QED) is 0.874. The van der Waals surface area contributed by atoms with Crippen molar-refractivity contribution in [1.29, 1.82) is 0 Å². The minimum absolute atomic E-state index is 0.138. The molecule has 2 aromatic rings. The minimum Gasteiger partial charge on any atom is -0.467 e. The number of hydrogen-bond donors (Lipinski definition) is 2. The summed E-state index contributed by atoms with van der Waals surface area (Å²) in [6.07, 6.45) is 1.22. The third-order valence-corrected chi connectivity index (χ3v) is 4.16. The van der Waals surface area contributed by atoms with E-state index in [1.807, 2.05) is 6.92 Å². The van der Waals surface area contributed by atoms with E-state index in [1.54, 1.807) is 23.6 Å². The molecule has 0 radical (unpaired) electrons. The zero-order chi connectivity index (χ0) is 13.8. The number of carbonyl (C=O) groups excluding carboxylic acids is 1. The molecule has 0 aromatic carbocycles. The predicted molar refractivity (Wildman–Crippen MR) is 77.2 cm³/mol. The Morgan fingerprint density at radius 3 is 3.00 bits per heavy atom. The number of hydrogen-bond acceptors (Lipinski definition) is 4. The van der Waals surface area contributed by atoms with E-state index in [1.165, 1.54) is 17.6 Å². The molecule has 0 spiro atoms. The van der Waals surface area contributed by atoms with Crippen LogP contribution in [0.15, 0.2) is 38.0 Å². The third kappa shape index (κ3) is 3.92. The number of nitrogens with one attached hydrogen (secondary N) is 1. The van der Waals surface area contributed by atoms with Crippen LogP contribution >= 0.6 is 27.3 Å². The number of rotatable bonds is 5. The van der Waals surface area contributed by atoms with Crippen LogP contribution in [0.1, 0.15) is 35.6 Å². The van der Waals surface area contributed by atoms with Crippen LogP contribution in [-0.4, -0.2) is 17.1 Å². The molecular weight excluding hydrogens is 330 g/mol. The first-order valence-electron chi connectivity index (χ1n) is 5.82. The highest BCUT2D eigenvalue weighted by molar-refractivity contribution is 9.11. The van der Waals surface area contributed by atoms with Gasteiger partial charge in [-0.3, -0.25) is 4.79 Å². The van der Waals surface area contributed by atoms with E-state index in [9.17, 15) is 9.90 Å². The standard InChI is InChI=1S/C13H14BrNO3S/c1-8(5-10(16)11-3-2-4-18-11)15-13(17)9-6-12(14)19-7-9/h2-4,6-8,10,16H,5H2,1H3,(H,15,17). The fraction of sp³-hybridized carbons (Fsp3) is 0.308. The first kappa shape index (κ1) is 14.3. The van der Waals surface area contributed by atoms with Crippen molar-refractivity contribution in [2.45, 2.75) is 25.5 Å². The van der Waals surface area contributed by atoms with Crippen molar-refractivity contribution >= 4 is 33.2 Å². The van der Waals surface area contributed by atoms with E-state index in [4.69, 9.17) is 4.42 Å². The molecule has 1 amide bonds. The van der Waals surface area contributed by atoms with E-state index in [2.05, 4.69) is 21.2 Å². The Labute approximate surface area is 123 Å².